The van der Waals surface area contributed by atoms with Crippen LogP contribution in [0.4, 0.5) is 0 Å². The Balaban J connectivity index is 3.69. The third-order valence-corrected chi connectivity index (χ3v) is 1.65. The first-order chi connectivity index (χ1) is 5.43. The highest BCUT2D eigenvalue weighted by Crippen LogP contribution is 2.08. The largest absolute Gasteiger partial charge is 0.393 e. The second-order valence-corrected chi connectivity index (χ2v) is 3.78. The molecule has 0 aliphatic rings. The van der Waals surface area contributed by atoms with Crippen molar-refractivity contribution < 1.29 is 9.90 Å². The fraction of sp³-hybridized carbons (Fsp3) is 0.889. The number of carbonyl (C=O) groups is 1. The molecule has 0 saturated carbocycles. The number of hydrogen-bond donors (Lipinski definition) is 1. The van der Waals surface area contributed by atoms with Gasteiger partial charge in [0.25, 0.3) is 0 Å². The van der Waals surface area contributed by atoms with E-state index < -0.39 is 6.10 Å². The number of aliphatic hydroxyl groups is 1. The molecule has 1 atom stereocenters. The lowest BCUT2D eigenvalue weighted by molar-refractivity contribution is -0.130. The molecule has 0 saturated heterocycles. The van der Waals surface area contributed by atoms with Crippen LogP contribution in [0.1, 0.15) is 26.7 Å². The smallest absolute Gasteiger partial charge is 0.224 e. The molecule has 0 fully saturated rings. The Hall–Kier alpha value is -0.570. The van der Waals surface area contributed by atoms with Gasteiger partial charge in [0, 0.05) is 14.1 Å². The van der Waals surface area contributed by atoms with Crippen LogP contribution in [-0.2, 0) is 4.79 Å². The average Bonchev–Trinajstić information content (AvgIpc) is 1.84. The molecule has 72 valence electrons. The van der Waals surface area contributed by atoms with E-state index in [0.717, 1.165) is 0 Å². The van der Waals surface area contributed by atoms with E-state index in [4.69, 9.17) is 0 Å². The van der Waals surface area contributed by atoms with E-state index >= 15 is 0 Å². The molecule has 0 aliphatic heterocycles. The van der Waals surface area contributed by atoms with Gasteiger partial charge in [-0.1, -0.05) is 13.8 Å². The maximum atomic E-state index is 11.1. The van der Waals surface area contributed by atoms with Gasteiger partial charge in [-0.05, 0) is 12.3 Å². The van der Waals surface area contributed by atoms with Gasteiger partial charge in [-0.25, -0.2) is 0 Å². The molecule has 0 aromatic rings. The molecule has 0 heterocycles. The lowest BCUT2D eigenvalue weighted by Crippen LogP contribution is -2.26. The molecule has 12 heavy (non-hydrogen) atoms. The van der Waals surface area contributed by atoms with Gasteiger partial charge in [-0.3, -0.25) is 4.79 Å². The summed E-state index contributed by atoms with van der Waals surface area (Å²) >= 11 is 0. The third kappa shape index (κ3) is 5.13. The lowest BCUT2D eigenvalue weighted by atomic mass is 10.0. The average molecular weight is 173 g/mol. The van der Waals surface area contributed by atoms with Crippen LogP contribution < -0.4 is 0 Å². The fourth-order valence-electron chi connectivity index (χ4n) is 1.01. The number of aliphatic hydroxyl groups excluding tert-OH is 1. The van der Waals surface area contributed by atoms with Crippen molar-refractivity contribution in [3.8, 4) is 0 Å². The molecule has 0 spiro atoms. The quantitative estimate of drug-likeness (QED) is 0.685. The van der Waals surface area contributed by atoms with Crippen LogP contribution in [0.15, 0.2) is 0 Å². The van der Waals surface area contributed by atoms with E-state index in [1.54, 1.807) is 14.1 Å². The summed E-state index contributed by atoms with van der Waals surface area (Å²) in [5.41, 5.74) is 0. The first-order valence-corrected chi connectivity index (χ1v) is 4.31. The van der Waals surface area contributed by atoms with Crippen molar-refractivity contribution in [2.75, 3.05) is 14.1 Å². The zero-order valence-electron chi connectivity index (χ0n) is 8.37. The summed E-state index contributed by atoms with van der Waals surface area (Å²) in [4.78, 5) is 12.6. The van der Waals surface area contributed by atoms with E-state index in [1.807, 2.05) is 13.8 Å². The zero-order valence-corrected chi connectivity index (χ0v) is 8.37. The predicted octanol–water partition coefficient (Wildman–Crippen LogP) is 0.872. The Kier molecular flexibility index (Phi) is 4.90. The predicted molar refractivity (Wildman–Crippen MR) is 48.8 cm³/mol. The highest BCUT2D eigenvalue weighted by Gasteiger charge is 2.13. The Morgan fingerprint density at radius 3 is 2.25 bits per heavy atom. The van der Waals surface area contributed by atoms with E-state index in [2.05, 4.69) is 0 Å². The minimum atomic E-state index is -0.486. The summed E-state index contributed by atoms with van der Waals surface area (Å²) in [6, 6.07) is 0. The first-order valence-electron chi connectivity index (χ1n) is 4.31. The van der Waals surface area contributed by atoms with Crippen molar-refractivity contribution in [2.45, 2.75) is 32.8 Å². The van der Waals surface area contributed by atoms with E-state index in [9.17, 15) is 9.90 Å². The molecule has 0 unspecified atom stereocenters. The van der Waals surface area contributed by atoms with Crippen LogP contribution in [-0.4, -0.2) is 36.1 Å². The Bertz CT molecular complexity index is 143. The highest BCUT2D eigenvalue weighted by atomic mass is 16.3. The first kappa shape index (κ1) is 11.4. The molecule has 0 bridgehead atoms. The van der Waals surface area contributed by atoms with Crippen molar-refractivity contribution >= 4 is 5.91 Å². The molecule has 0 radical (unpaired) electrons. The van der Waals surface area contributed by atoms with Crippen LogP contribution in [0.25, 0.3) is 0 Å². The van der Waals surface area contributed by atoms with Gasteiger partial charge in [-0.2, -0.15) is 0 Å². The Morgan fingerprint density at radius 2 is 1.92 bits per heavy atom. The minimum absolute atomic E-state index is 0.0110. The second-order valence-electron chi connectivity index (χ2n) is 3.78. The van der Waals surface area contributed by atoms with Crippen LogP contribution >= 0.6 is 0 Å². The summed E-state index contributed by atoms with van der Waals surface area (Å²) in [5.74, 6) is 0.429. The van der Waals surface area contributed by atoms with Crippen molar-refractivity contribution in [2.24, 2.45) is 5.92 Å². The molecule has 1 amide bonds. The van der Waals surface area contributed by atoms with Gasteiger partial charge in [0.15, 0.2) is 0 Å². The van der Waals surface area contributed by atoms with Crippen LogP contribution in [0.3, 0.4) is 0 Å². The van der Waals surface area contributed by atoms with Gasteiger partial charge < -0.3 is 10.0 Å². The molecule has 0 aromatic carbocycles. The third-order valence-electron chi connectivity index (χ3n) is 1.65. The Labute approximate surface area is 74.4 Å². The summed E-state index contributed by atoms with van der Waals surface area (Å²) < 4.78 is 0. The molecule has 0 aliphatic carbocycles. The summed E-state index contributed by atoms with van der Waals surface area (Å²) in [5, 5.41) is 9.39. The van der Waals surface area contributed by atoms with Crippen molar-refractivity contribution in [1.29, 1.82) is 0 Å². The van der Waals surface area contributed by atoms with E-state index in [0.29, 0.717) is 12.3 Å². The SMILES string of the molecule is CC(C)C[C@@H](O)CC(=O)N(C)C. The number of hydrogen-bond acceptors (Lipinski definition) is 2. The number of amides is 1. The number of nitrogens with zero attached hydrogens (tertiary/aromatic N) is 1. The molecular formula is C9H19NO2. The number of rotatable bonds is 4. The van der Waals surface area contributed by atoms with Crippen molar-refractivity contribution in [3.63, 3.8) is 0 Å². The standard InChI is InChI=1S/C9H19NO2/c1-7(2)5-8(11)6-9(12)10(3)4/h7-8,11H,5-6H2,1-4H3/t8-/m1/s1. The molecule has 0 rings (SSSR count). The normalized spacial score (nSPS) is 13.2. The molecular weight excluding hydrogens is 154 g/mol. The Morgan fingerprint density at radius 1 is 1.42 bits per heavy atom. The second kappa shape index (κ2) is 5.14. The minimum Gasteiger partial charge on any atom is -0.393 e. The molecule has 3 nitrogen and oxygen atoms in total. The maximum absolute atomic E-state index is 11.1. The fourth-order valence-corrected chi connectivity index (χ4v) is 1.01. The van der Waals surface area contributed by atoms with E-state index in [-0.39, 0.29) is 12.3 Å². The van der Waals surface area contributed by atoms with Crippen LogP contribution in [0.5, 0.6) is 0 Å². The highest BCUT2D eigenvalue weighted by molar-refractivity contribution is 5.75. The van der Waals surface area contributed by atoms with Crippen molar-refractivity contribution in [1.82, 2.24) is 4.90 Å². The van der Waals surface area contributed by atoms with Gasteiger partial charge in [-0.15, -0.1) is 0 Å². The van der Waals surface area contributed by atoms with Gasteiger partial charge in [0.2, 0.25) is 5.91 Å². The van der Waals surface area contributed by atoms with Gasteiger partial charge >= 0.3 is 0 Å². The summed E-state index contributed by atoms with van der Waals surface area (Å²) in [6.45, 7) is 4.06. The zero-order chi connectivity index (χ0) is 9.72. The van der Waals surface area contributed by atoms with Gasteiger partial charge in [0.1, 0.15) is 0 Å². The van der Waals surface area contributed by atoms with Crippen molar-refractivity contribution in [3.05, 3.63) is 0 Å². The van der Waals surface area contributed by atoms with Crippen LogP contribution in [0, 0.1) is 5.92 Å². The maximum Gasteiger partial charge on any atom is 0.224 e. The van der Waals surface area contributed by atoms with Gasteiger partial charge in [0.05, 0.1) is 12.5 Å². The monoisotopic (exact) mass is 173 g/mol. The summed E-state index contributed by atoms with van der Waals surface area (Å²) in [7, 11) is 3.40. The number of carbonyl (C=O) groups excluding carboxylic acids is 1. The summed E-state index contributed by atoms with van der Waals surface area (Å²) in [6.07, 6.45) is 0.449. The van der Waals surface area contributed by atoms with E-state index in [1.165, 1.54) is 4.90 Å². The van der Waals surface area contributed by atoms with Crippen LogP contribution in [0.2, 0.25) is 0 Å². The topological polar surface area (TPSA) is 40.5 Å². The lowest BCUT2D eigenvalue weighted by Gasteiger charge is -2.15. The molecule has 1 N–H and O–H groups in total. The molecule has 0 aromatic heterocycles. The molecule has 3 heteroatoms.